The zero-order valence-corrected chi connectivity index (χ0v) is 13.3. The Morgan fingerprint density at radius 2 is 1.35 bits per heavy atom. The average molecular weight is 238 g/mol. The molecule has 0 aromatic carbocycles. The Morgan fingerprint density at radius 3 is 1.76 bits per heavy atom. The fourth-order valence-corrected chi connectivity index (χ4v) is 3.92. The smallest absolute Gasteiger partial charge is 0.0329 e. The van der Waals surface area contributed by atoms with Gasteiger partial charge in [-0.15, -0.1) is 0 Å². The van der Waals surface area contributed by atoms with E-state index in [1.165, 1.54) is 32.1 Å². The van der Waals surface area contributed by atoms with Crippen molar-refractivity contribution in [2.45, 2.75) is 80.6 Å². The van der Waals surface area contributed by atoms with Gasteiger partial charge in [0.15, 0.2) is 0 Å². The van der Waals surface area contributed by atoms with Crippen LogP contribution in [0.15, 0.2) is 0 Å². The summed E-state index contributed by atoms with van der Waals surface area (Å²) in [5, 5.41) is 0. The largest absolute Gasteiger partial charge is 0.0654 e. The Bertz CT molecular complexity index is 225. The van der Waals surface area contributed by atoms with E-state index >= 15 is 0 Å². The maximum atomic E-state index is 2.45. The summed E-state index contributed by atoms with van der Waals surface area (Å²) in [6.07, 6.45) is 7.21. The van der Waals surface area contributed by atoms with E-state index in [1.807, 2.05) is 0 Å². The van der Waals surface area contributed by atoms with Crippen molar-refractivity contribution in [1.82, 2.24) is 0 Å². The molecule has 0 radical (unpaired) electrons. The van der Waals surface area contributed by atoms with E-state index in [0.29, 0.717) is 10.8 Å². The van der Waals surface area contributed by atoms with Gasteiger partial charge < -0.3 is 0 Å². The quantitative estimate of drug-likeness (QED) is 0.561. The molecule has 0 heteroatoms. The maximum absolute atomic E-state index is 2.45. The van der Waals surface area contributed by atoms with Crippen molar-refractivity contribution >= 4 is 0 Å². The summed E-state index contributed by atoms with van der Waals surface area (Å²) < 4.78 is 0. The van der Waals surface area contributed by atoms with Gasteiger partial charge in [0, 0.05) is 0 Å². The summed E-state index contributed by atoms with van der Waals surface area (Å²) in [4.78, 5) is 0. The van der Waals surface area contributed by atoms with E-state index in [0.717, 1.165) is 17.8 Å². The van der Waals surface area contributed by atoms with Gasteiger partial charge in [0.2, 0.25) is 0 Å². The van der Waals surface area contributed by atoms with Crippen molar-refractivity contribution < 1.29 is 0 Å². The predicted molar refractivity (Wildman–Crippen MR) is 78.1 cm³/mol. The van der Waals surface area contributed by atoms with Crippen LogP contribution in [-0.4, -0.2) is 0 Å². The van der Waals surface area contributed by atoms with Crippen LogP contribution in [0.4, 0.5) is 0 Å². The summed E-state index contributed by atoms with van der Waals surface area (Å²) >= 11 is 0. The highest BCUT2D eigenvalue weighted by molar-refractivity contribution is 4.91. The van der Waals surface area contributed by atoms with Crippen LogP contribution in [0.25, 0.3) is 0 Å². The highest BCUT2D eigenvalue weighted by atomic mass is 14.5. The van der Waals surface area contributed by atoms with Crippen LogP contribution in [0.5, 0.6) is 0 Å². The molecule has 0 aromatic rings. The van der Waals surface area contributed by atoms with Crippen LogP contribution in [0.1, 0.15) is 80.6 Å². The number of rotatable bonds is 2. The third-order valence-electron chi connectivity index (χ3n) is 4.88. The van der Waals surface area contributed by atoms with Gasteiger partial charge in [0.25, 0.3) is 0 Å². The Morgan fingerprint density at radius 1 is 0.824 bits per heavy atom. The van der Waals surface area contributed by atoms with Gasteiger partial charge in [0.05, 0.1) is 0 Å². The summed E-state index contributed by atoms with van der Waals surface area (Å²) in [6, 6.07) is 0. The van der Waals surface area contributed by atoms with Crippen molar-refractivity contribution in [2.75, 3.05) is 0 Å². The van der Waals surface area contributed by atoms with Gasteiger partial charge in [-0.25, -0.2) is 0 Å². The van der Waals surface area contributed by atoms with Crippen LogP contribution in [0.2, 0.25) is 0 Å². The van der Waals surface area contributed by atoms with Gasteiger partial charge in [-0.1, -0.05) is 67.7 Å². The normalized spacial score (nSPS) is 31.6. The van der Waals surface area contributed by atoms with E-state index in [1.54, 1.807) is 0 Å². The SMILES string of the molecule is CCCC1CCC(C(C)(C)C)C(C(C)(C)C)C1. The lowest BCUT2D eigenvalue weighted by molar-refractivity contribution is 0.00978. The molecule has 0 bridgehead atoms. The van der Waals surface area contributed by atoms with Crippen molar-refractivity contribution in [3.05, 3.63) is 0 Å². The summed E-state index contributed by atoms with van der Waals surface area (Å²) in [7, 11) is 0. The fraction of sp³-hybridized carbons (Fsp3) is 1.00. The monoisotopic (exact) mass is 238 g/mol. The molecule has 0 nitrogen and oxygen atoms in total. The molecule has 0 aliphatic heterocycles. The molecule has 0 aromatic heterocycles. The zero-order valence-electron chi connectivity index (χ0n) is 13.3. The minimum Gasteiger partial charge on any atom is -0.0654 e. The first-order chi connectivity index (χ1) is 7.66. The highest BCUT2D eigenvalue weighted by Gasteiger charge is 2.42. The van der Waals surface area contributed by atoms with E-state index in [2.05, 4.69) is 48.5 Å². The van der Waals surface area contributed by atoms with Crippen LogP contribution in [0, 0.1) is 28.6 Å². The molecule has 1 saturated carbocycles. The molecule has 17 heavy (non-hydrogen) atoms. The molecule has 102 valence electrons. The molecule has 3 unspecified atom stereocenters. The van der Waals surface area contributed by atoms with Crippen LogP contribution in [0.3, 0.4) is 0 Å². The second kappa shape index (κ2) is 5.33. The lowest BCUT2D eigenvalue weighted by atomic mass is 9.57. The standard InChI is InChI=1S/C17H34/c1-8-9-13-10-11-14(16(2,3)4)15(12-13)17(5,6)7/h13-15H,8-12H2,1-7H3. The van der Waals surface area contributed by atoms with Gasteiger partial charge in [-0.2, -0.15) is 0 Å². The van der Waals surface area contributed by atoms with Gasteiger partial charge >= 0.3 is 0 Å². The first-order valence-corrected chi connectivity index (χ1v) is 7.66. The number of hydrogen-bond acceptors (Lipinski definition) is 0. The Balaban J connectivity index is 2.80. The summed E-state index contributed by atoms with van der Waals surface area (Å²) in [5.74, 6) is 2.83. The molecule has 3 atom stereocenters. The number of hydrogen-bond donors (Lipinski definition) is 0. The second-order valence-electron chi connectivity index (χ2n) is 8.41. The molecule has 1 fully saturated rings. The third kappa shape index (κ3) is 4.00. The molecule has 0 spiro atoms. The van der Waals surface area contributed by atoms with Crippen LogP contribution < -0.4 is 0 Å². The van der Waals surface area contributed by atoms with Gasteiger partial charge in [-0.05, 0) is 41.4 Å². The minimum atomic E-state index is 0.477. The zero-order chi connectivity index (χ0) is 13.3. The van der Waals surface area contributed by atoms with Gasteiger partial charge in [0.1, 0.15) is 0 Å². The highest BCUT2D eigenvalue weighted by Crippen LogP contribution is 2.51. The molecular formula is C17H34. The molecule has 0 heterocycles. The predicted octanol–water partition coefficient (Wildman–Crippen LogP) is 5.91. The van der Waals surface area contributed by atoms with Crippen LogP contribution >= 0.6 is 0 Å². The first-order valence-electron chi connectivity index (χ1n) is 7.66. The lowest BCUT2D eigenvalue weighted by Gasteiger charge is -2.49. The molecular weight excluding hydrogens is 204 g/mol. The van der Waals surface area contributed by atoms with E-state index < -0.39 is 0 Å². The van der Waals surface area contributed by atoms with Crippen molar-refractivity contribution in [3.8, 4) is 0 Å². The van der Waals surface area contributed by atoms with E-state index in [9.17, 15) is 0 Å². The minimum absolute atomic E-state index is 0.477. The van der Waals surface area contributed by atoms with Crippen molar-refractivity contribution in [1.29, 1.82) is 0 Å². The fourth-order valence-electron chi connectivity index (χ4n) is 3.92. The first kappa shape index (κ1) is 15.1. The Labute approximate surface area is 110 Å². The molecule has 0 saturated heterocycles. The molecule has 0 amide bonds. The maximum Gasteiger partial charge on any atom is -0.0329 e. The van der Waals surface area contributed by atoms with Crippen LogP contribution in [-0.2, 0) is 0 Å². The second-order valence-corrected chi connectivity index (χ2v) is 8.41. The molecule has 1 aliphatic rings. The summed E-state index contributed by atoms with van der Waals surface area (Å²) in [5.41, 5.74) is 0.958. The van der Waals surface area contributed by atoms with Crippen molar-refractivity contribution in [3.63, 3.8) is 0 Å². The molecule has 0 N–H and O–H groups in total. The Kier molecular flexibility index (Phi) is 4.72. The third-order valence-corrected chi connectivity index (χ3v) is 4.88. The molecule has 1 aliphatic carbocycles. The summed E-state index contributed by atoms with van der Waals surface area (Å²) in [6.45, 7) is 17.0. The lowest BCUT2D eigenvalue weighted by Crippen LogP contribution is -2.40. The Hall–Kier alpha value is 0. The topological polar surface area (TPSA) is 0 Å². The van der Waals surface area contributed by atoms with Crippen molar-refractivity contribution in [2.24, 2.45) is 28.6 Å². The molecule has 1 rings (SSSR count). The van der Waals surface area contributed by atoms with E-state index in [4.69, 9.17) is 0 Å². The van der Waals surface area contributed by atoms with Gasteiger partial charge in [-0.3, -0.25) is 0 Å². The van der Waals surface area contributed by atoms with E-state index in [-0.39, 0.29) is 0 Å². The average Bonchev–Trinajstić information content (AvgIpc) is 2.15.